The topological polar surface area (TPSA) is 27.7 Å². The zero-order valence-corrected chi connectivity index (χ0v) is 23.0. The molecule has 1 saturated carbocycles. The summed E-state index contributed by atoms with van der Waals surface area (Å²) in [5, 5.41) is 0. The molecular weight excluding hydrogens is 432 g/mol. The maximum Gasteiger partial charge on any atom is 0.197 e. The first-order valence-corrected chi connectivity index (χ1v) is 13.9. The van der Waals surface area contributed by atoms with Crippen molar-refractivity contribution in [1.82, 2.24) is 0 Å². The van der Waals surface area contributed by atoms with Crippen molar-refractivity contribution in [3.05, 3.63) is 66.3 Å². The van der Waals surface area contributed by atoms with Crippen LogP contribution in [-0.2, 0) is 9.47 Å². The number of hydrogen-bond donors (Lipinski definition) is 0. The Balaban J connectivity index is 1.61. The molecule has 1 aliphatic rings. The fraction of sp³-hybridized carbons (Fsp3) is 0.625. The Labute approximate surface area is 215 Å². The van der Waals surface area contributed by atoms with Gasteiger partial charge in [0, 0.05) is 0 Å². The van der Waals surface area contributed by atoms with Crippen LogP contribution in [-0.4, -0.2) is 26.1 Å². The van der Waals surface area contributed by atoms with Crippen molar-refractivity contribution in [3.63, 3.8) is 0 Å². The highest BCUT2D eigenvalue weighted by Crippen LogP contribution is 2.32. The lowest BCUT2D eigenvalue weighted by atomic mass is 9.82. The SMILES string of the molecule is C=CC(=CC=CCCOCCOC(C)Oc1ccc(C(CC(C)C)C(C)C)cc1)C1CCCCC1. The molecule has 1 aromatic rings. The van der Waals surface area contributed by atoms with Gasteiger partial charge in [0.15, 0.2) is 6.29 Å². The molecule has 0 saturated heterocycles. The summed E-state index contributed by atoms with van der Waals surface area (Å²) < 4.78 is 17.4. The molecular formula is C32H50O3. The fourth-order valence-corrected chi connectivity index (χ4v) is 4.93. The number of ether oxygens (including phenoxy) is 3. The number of rotatable bonds is 16. The van der Waals surface area contributed by atoms with Crippen LogP contribution in [0, 0.1) is 17.8 Å². The Bertz CT molecular complexity index is 754. The summed E-state index contributed by atoms with van der Waals surface area (Å²) in [5.74, 6) is 3.45. The van der Waals surface area contributed by atoms with E-state index in [-0.39, 0.29) is 6.29 Å². The Morgan fingerprint density at radius 3 is 2.31 bits per heavy atom. The summed E-state index contributed by atoms with van der Waals surface area (Å²) >= 11 is 0. The second-order valence-electron chi connectivity index (χ2n) is 10.6. The molecule has 2 rings (SSSR count). The van der Waals surface area contributed by atoms with Gasteiger partial charge in [-0.1, -0.05) is 90.0 Å². The van der Waals surface area contributed by atoms with Crippen LogP contribution in [0.3, 0.4) is 0 Å². The zero-order chi connectivity index (χ0) is 25.5. The maximum absolute atomic E-state index is 5.93. The molecule has 0 radical (unpaired) electrons. The van der Waals surface area contributed by atoms with Crippen molar-refractivity contribution in [2.45, 2.75) is 91.8 Å². The third-order valence-electron chi connectivity index (χ3n) is 6.89. The number of allylic oxidation sites excluding steroid dienone is 4. The van der Waals surface area contributed by atoms with Crippen LogP contribution in [0.15, 0.2) is 60.7 Å². The first-order valence-electron chi connectivity index (χ1n) is 13.9. The molecule has 0 N–H and O–H groups in total. The summed E-state index contributed by atoms with van der Waals surface area (Å²) in [6, 6.07) is 8.53. The Kier molecular flexibility index (Phi) is 14.1. The summed E-state index contributed by atoms with van der Waals surface area (Å²) in [5.41, 5.74) is 2.77. The van der Waals surface area contributed by atoms with Gasteiger partial charge >= 0.3 is 0 Å². The molecule has 2 unspecified atom stereocenters. The van der Waals surface area contributed by atoms with E-state index in [9.17, 15) is 0 Å². The molecule has 0 spiro atoms. The number of hydrogen-bond acceptors (Lipinski definition) is 3. The highest BCUT2D eigenvalue weighted by atomic mass is 16.7. The van der Waals surface area contributed by atoms with E-state index >= 15 is 0 Å². The molecule has 0 heterocycles. The van der Waals surface area contributed by atoms with Crippen molar-refractivity contribution in [3.8, 4) is 5.75 Å². The van der Waals surface area contributed by atoms with Crippen LogP contribution in [0.1, 0.15) is 91.0 Å². The molecule has 2 atom stereocenters. The lowest BCUT2D eigenvalue weighted by molar-refractivity contribution is -0.0830. The van der Waals surface area contributed by atoms with Crippen LogP contribution < -0.4 is 4.74 Å². The van der Waals surface area contributed by atoms with E-state index in [0.717, 1.165) is 12.2 Å². The molecule has 0 amide bonds. The van der Waals surface area contributed by atoms with Gasteiger partial charge in [-0.15, -0.1) is 0 Å². The summed E-state index contributed by atoms with van der Waals surface area (Å²) in [7, 11) is 0. The summed E-state index contributed by atoms with van der Waals surface area (Å²) in [4.78, 5) is 0. The van der Waals surface area contributed by atoms with Gasteiger partial charge in [-0.25, -0.2) is 0 Å². The maximum atomic E-state index is 5.93. The van der Waals surface area contributed by atoms with Gasteiger partial charge in [-0.2, -0.15) is 0 Å². The molecule has 1 aromatic carbocycles. The van der Waals surface area contributed by atoms with E-state index in [0.29, 0.717) is 43.5 Å². The Hall–Kier alpha value is -1.84. The predicted molar refractivity (Wildman–Crippen MR) is 149 cm³/mol. The van der Waals surface area contributed by atoms with E-state index < -0.39 is 0 Å². The van der Waals surface area contributed by atoms with Crippen molar-refractivity contribution < 1.29 is 14.2 Å². The largest absolute Gasteiger partial charge is 0.465 e. The Morgan fingerprint density at radius 2 is 1.69 bits per heavy atom. The smallest absolute Gasteiger partial charge is 0.197 e. The lowest BCUT2D eigenvalue weighted by Crippen LogP contribution is -2.19. The highest BCUT2D eigenvalue weighted by Gasteiger charge is 2.18. The molecule has 1 aliphatic carbocycles. The van der Waals surface area contributed by atoms with E-state index in [1.165, 1.54) is 49.7 Å². The van der Waals surface area contributed by atoms with Gasteiger partial charge in [0.25, 0.3) is 0 Å². The number of benzene rings is 1. The third kappa shape index (κ3) is 11.6. The van der Waals surface area contributed by atoms with Crippen molar-refractivity contribution in [2.75, 3.05) is 19.8 Å². The highest BCUT2D eigenvalue weighted by molar-refractivity contribution is 5.30. The predicted octanol–water partition coefficient (Wildman–Crippen LogP) is 8.87. The second kappa shape index (κ2) is 16.8. The van der Waals surface area contributed by atoms with Crippen LogP contribution in [0.25, 0.3) is 0 Å². The van der Waals surface area contributed by atoms with Crippen LogP contribution in [0.4, 0.5) is 0 Å². The standard InChI is InChI=1S/C32H50O3/c1-7-28(29-15-10-8-11-16-29)14-12-9-13-21-33-22-23-34-27(6)35-31-19-17-30(18-20-31)32(26(4)5)24-25(2)3/h7,9,12,14,17-20,25-27,29,32H,1,8,10-11,13,15-16,21-24H2,2-6H3. The van der Waals surface area contributed by atoms with Gasteiger partial charge in [0.05, 0.1) is 19.8 Å². The molecule has 196 valence electrons. The molecule has 1 fully saturated rings. The van der Waals surface area contributed by atoms with E-state index in [1.54, 1.807) is 0 Å². The second-order valence-corrected chi connectivity index (χ2v) is 10.6. The van der Waals surface area contributed by atoms with Gasteiger partial charge < -0.3 is 14.2 Å². The average molecular weight is 483 g/mol. The molecule has 0 aromatic heterocycles. The molecule has 3 heteroatoms. The van der Waals surface area contributed by atoms with E-state index in [4.69, 9.17) is 14.2 Å². The third-order valence-corrected chi connectivity index (χ3v) is 6.89. The van der Waals surface area contributed by atoms with Crippen molar-refractivity contribution in [1.29, 1.82) is 0 Å². The summed E-state index contributed by atoms with van der Waals surface area (Å²) in [6.45, 7) is 16.9. The lowest BCUT2D eigenvalue weighted by Gasteiger charge is -2.24. The van der Waals surface area contributed by atoms with Gasteiger partial charge in [0.1, 0.15) is 5.75 Å². The first-order chi connectivity index (χ1) is 16.9. The molecule has 0 bridgehead atoms. The van der Waals surface area contributed by atoms with E-state index in [1.807, 2.05) is 13.0 Å². The quantitative estimate of drug-likeness (QED) is 0.134. The van der Waals surface area contributed by atoms with Crippen LogP contribution in [0.2, 0.25) is 0 Å². The van der Waals surface area contributed by atoms with Gasteiger partial charge in [0.2, 0.25) is 0 Å². The monoisotopic (exact) mass is 482 g/mol. The van der Waals surface area contributed by atoms with Gasteiger partial charge in [-0.05, 0) is 79.5 Å². The Morgan fingerprint density at radius 1 is 0.971 bits per heavy atom. The fourth-order valence-electron chi connectivity index (χ4n) is 4.93. The van der Waals surface area contributed by atoms with Crippen LogP contribution in [0.5, 0.6) is 5.75 Å². The van der Waals surface area contributed by atoms with Gasteiger partial charge in [-0.3, -0.25) is 0 Å². The minimum atomic E-state index is -0.303. The minimum absolute atomic E-state index is 0.303. The minimum Gasteiger partial charge on any atom is -0.465 e. The average Bonchev–Trinajstić information content (AvgIpc) is 2.84. The van der Waals surface area contributed by atoms with Crippen molar-refractivity contribution in [2.24, 2.45) is 17.8 Å². The zero-order valence-electron chi connectivity index (χ0n) is 23.0. The normalized spacial score (nSPS) is 17.3. The first kappa shape index (κ1) is 29.4. The molecule has 3 nitrogen and oxygen atoms in total. The van der Waals surface area contributed by atoms with E-state index in [2.05, 4.69) is 76.8 Å². The van der Waals surface area contributed by atoms with Crippen LogP contribution >= 0.6 is 0 Å². The molecule has 0 aliphatic heterocycles. The molecule has 35 heavy (non-hydrogen) atoms. The summed E-state index contributed by atoms with van der Waals surface area (Å²) in [6.07, 6.45) is 17.1. The van der Waals surface area contributed by atoms with Crippen molar-refractivity contribution >= 4 is 0 Å².